The number of hydrogen-bond donors (Lipinski definition) is 3. The van der Waals surface area contributed by atoms with Crippen LogP contribution in [-0.4, -0.2) is 52.7 Å². The molecule has 0 aliphatic heterocycles. The first kappa shape index (κ1) is 21.0. The number of para-hydroxylation sites is 1. The van der Waals surface area contributed by atoms with Crippen LogP contribution in [0.1, 0.15) is 37.9 Å². The van der Waals surface area contributed by atoms with Gasteiger partial charge >= 0.3 is 11.9 Å². The van der Waals surface area contributed by atoms with Gasteiger partial charge in [0.05, 0.1) is 0 Å². The number of carboxylic acid groups (broad SMARTS) is 2. The van der Waals surface area contributed by atoms with E-state index < -0.39 is 23.3 Å². The molecule has 0 bridgehead atoms. The molecule has 27 heavy (non-hydrogen) atoms. The average molecular weight is 374 g/mol. The molecule has 0 atom stereocenters. The summed E-state index contributed by atoms with van der Waals surface area (Å²) in [6.07, 6.45) is 1.70. The summed E-state index contributed by atoms with van der Waals surface area (Å²) in [5.74, 6) is -2.96. The van der Waals surface area contributed by atoms with E-state index >= 15 is 0 Å². The Balaban J connectivity index is 2.62. The molecule has 1 aromatic heterocycles. The Morgan fingerprint density at radius 2 is 1.70 bits per heavy atom. The molecule has 0 saturated carbocycles. The van der Waals surface area contributed by atoms with Crippen LogP contribution < -0.4 is 0 Å². The summed E-state index contributed by atoms with van der Waals surface area (Å²) in [7, 11) is 3.95. The molecule has 2 rings (SSSR count). The SMILES string of the molecule is CCC(CC)C(Cc1c(CCN(C)C)[nH]c2ccccc12)(C(=O)O)C(=O)O. The van der Waals surface area contributed by atoms with Crippen molar-refractivity contribution in [1.82, 2.24) is 9.88 Å². The number of rotatable bonds is 10. The molecule has 6 heteroatoms. The number of aromatic nitrogens is 1. The largest absolute Gasteiger partial charge is 0.480 e. The monoisotopic (exact) mass is 374 g/mol. The number of aromatic amines is 1. The number of likely N-dealkylation sites (N-methyl/N-ethyl adjacent to an activating group) is 1. The van der Waals surface area contributed by atoms with Crippen LogP contribution in [0.3, 0.4) is 0 Å². The Kier molecular flexibility index (Phi) is 6.65. The van der Waals surface area contributed by atoms with Gasteiger partial charge in [-0.25, -0.2) is 0 Å². The second-order valence-corrected chi connectivity index (χ2v) is 7.45. The molecule has 1 aromatic carbocycles. The molecule has 0 radical (unpaired) electrons. The number of nitrogens with zero attached hydrogens (tertiary/aromatic N) is 1. The highest BCUT2D eigenvalue weighted by molar-refractivity contribution is 6.00. The van der Waals surface area contributed by atoms with Crippen molar-refractivity contribution in [2.45, 2.75) is 39.5 Å². The molecule has 0 spiro atoms. The van der Waals surface area contributed by atoms with Gasteiger partial charge in [0.25, 0.3) is 0 Å². The van der Waals surface area contributed by atoms with Gasteiger partial charge < -0.3 is 20.1 Å². The molecule has 1 heterocycles. The lowest BCUT2D eigenvalue weighted by atomic mass is 9.68. The highest BCUT2D eigenvalue weighted by Crippen LogP contribution is 2.40. The third-order valence-corrected chi connectivity index (χ3v) is 5.61. The highest BCUT2D eigenvalue weighted by atomic mass is 16.4. The van der Waals surface area contributed by atoms with E-state index in [1.54, 1.807) is 0 Å². The molecule has 0 saturated heterocycles. The molecule has 6 nitrogen and oxygen atoms in total. The van der Waals surface area contributed by atoms with Crippen molar-refractivity contribution in [1.29, 1.82) is 0 Å². The first-order valence-corrected chi connectivity index (χ1v) is 9.47. The van der Waals surface area contributed by atoms with Crippen LogP contribution >= 0.6 is 0 Å². The van der Waals surface area contributed by atoms with Crippen LogP contribution in [0, 0.1) is 11.3 Å². The zero-order valence-corrected chi connectivity index (χ0v) is 16.6. The fraction of sp³-hybridized carbons (Fsp3) is 0.524. The maximum atomic E-state index is 12.3. The average Bonchev–Trinajstić information content (AvgIpc) is 2.96. The van der Waals surface area contributed by atoms with E-state index in [2.05, 4.69) is 9.88 Å². The molecular weight excluding hydrogens is 344 g/mol. The van der Waals surface area contributed by atoms with Gasteiger partial charge in [0.1, 0.15) is 0 Å². The minimum absolute atomic E-state index is 0.0171. The van der Waals surface area contributed by atoms with Gasteiger partial charge in [0.15, 0.2) is 5.41 Å². The number of benzene rings is 1. The first-order chi connectivity index (χ1) is 12.8. The van der Waals surface area contributed by atoms with Gasteiger partial charge in [0.2, 0.25) is 0 Å². The predicted molar refractivity (Wildman–Crippen MR) is 106 cm³/mol. The van der Waals surface area contributed by atoms with E-state index in [0.29, 0.717) is 19.3 Å². The van der Waals surface area contributed by atoms with Crippen LogP contribution in [0.2, 0.25) is 0 Å². The molecule has 2 aromatic rings. The summed E-state index contributed by atoms with van der Waals surface area (Å²) in [5, 5.41) is 20.9. The van der Waals surface area contributed by atoms with E-state index in [-0.39, 0.29) is 6.42 Å². The fourth-order valence-electron chi connectivity index (χ4n) is 4.01. The first-order valence-electron chi connectivity index (χ1n) is 9.47. The lowest BCUT2D eigenvalue weighted by molar-refractivity contribution is -0.169. The number of aliphatic carboxylic acids is 2. The Labute approximate surface area is 160 Å². The van der Waals surface area contributed by atoms with Crippen molar-refractivity contribution in [2.24, 2.45) is 11.3 Å². The molecular formula is C21H30N2O4. The number of nitrogens with one attached hydrogen (secondary N) is 1. The number of hydrogen-bond acceptors (Lipinski definition) is 3. The summed E-state index contributed by atoms with van der Waals surface area (Å²) in [6, 6.07) is 7.69. The van der Waals surface area contributed by atoms with E-state index in [9.17, 15) is 19.8 Å². The Morgan fingerprint density at radius 1 is 1.11 bits per heavy atom. The lowest BCUT2D eigenvalue weighted by Crippen LogP contribution is -2.47. The topological polar surface area (TPSA) is 93.6 Å². The van der Waals surface area contributed by atoms with Gasteiger partial charge in [-0.05, 0) is 31.6 Å². The minimum Gasteiger partial charge on any atom is -0.480 e. The standard InChI is InChI=1S/C21H30N2O4/c1-5-14(6-2)21(19(24)25,20(26)27)13-16-15-9-7-8-10-17(15)22-18(16)11-12-23(3)4/h7-10,14,22H,5-6,11-13H2,1-4H3,(H,24,25)(H,26,27). The van der Waals surface area contributed by atoms with E-state index in [1.807, 2.05) is 52.2 Å². The van der Waals surface area contributed by atoms with Crippen molar-refractivity contribution in [3.63, 3.8) is 0 Å². The molecule has 0 aliphatic carbocycles. The zero-order valence-electron chi connectivity index (χ0n) is 16.6. The van der Waals surface area contributed by atoms with Gasteiger partial charge in [-0.1, -0.05) is 44.9 Å². The third-order valence-electron chi connectivity index (χ3n) is 5.61. The lowest BCUT2D eigenvalue weighted by Gasteiger charge is -2.32. The minimum atomic E-state index is -1.83. The van der Waals surface area contributed by atoms with Crippen LogP contribution in [-0.2, 0) is 22.4 Å². The molecule has 3 N–H and O–H groups in total. The predicted octanol–water partition coefficient (Wildman–Crippen LogP) is 3.41. The number of H-pyrrole nitrogens is 1. The number of fused-ring (bicyclic) bond motifs is 1. The Bertz CT molecular complexity index is 792. The Hall–Kier alpha value is -2.34. The van der Waals surface area contributed by atoms with Gasteiger partial charge in [-0.3, -0.25) is 9.59 Å². The normalized spacial score (nSPS) is 12.2. The van der Waals surface area contributed by atoms with Gasteiger partial charge in [-0.2, -0.15) is 0 Å². The third kappa shape index (κ3) is 4.00. The maximum Gasteiger partial charge on any atom is 0.321 e. The van der Waals surface area contributed by atoms with Crippen molar-refractivity contribution >= 4 is 22.8 Å². The summed E-state index contributed by atoms with van der Waals surface area (Å²) in [4.78, 5) is 30.0. The van der Waals surface area contributed by atoms with Crippen LogP contribution in [0.25, 0.3) is 10.9 Å². The maximum absolute atomic E-state index is 12.3. The second-order valence-electron chi connectivity index (χ2n) is 7.45. The van der Waals surface area contributed by atoms with E-state index in [4.69, 9.17) is 0 Å². The highest BCUT2D eigenvalue weighted by Gasteiger charge is 2.52. The fourth-order valence-corrected chi connectivity index (χ4v) is 4.01. The number of carboxylic acids is 2. The van der Waals surface area contributed by atoms with Gasteiger partial charge in [0, 0.05) is 36.0 Å². The summed E-state index contributed by atoms with van der Waals surface area (Å²) in [5.41, 5.74) is 0.809. The molecule has 148 valence electrons. The zero-order chi connectivity index (χ0) is 20.2. The van der Waals surface area contributed by atoms with Crippen LogP contribution in [0.15, 0.2) is 24.3 Å². The van der Waals surface area contributed by atoms with E-state index in [1.165, 1.54) is 0 Å². The molecule has 0 aliphatic rings. The van der Waals surface area contributed by atoms with E-state index in [0.717, 1.165) is 28.7 Å². The summed E-state index contributed by atoms with van der Waals surface area (Å²) < 4.78 is 0. The molecule has 0 fully saturated rings. The smallest absolute Gasteiger partial charge is 0.321 e. The van der Waals surface area contributed by atoms with Gasteiger partial charge in [-0.15, -0.1) is 0 Å². The van der Waals surface area contributed by atoms with Crippen molar-refractivity contribution in [3.8, 4) is 0 Å². The van der Waals surface area contributed by atoms with Crippen molar-refractivity contribution < 1.29 is 19.8 Å². The van der Waals surface area contributed by atoms with Crippen molar-refractivity contribution in [3.05, 3.63) is 35.5 Å². The van der Waals surface area contributed by atoms with Crippen LogP contribution in [0.5, 0.6) is 0 Å². The summed E-state index contributed by atoms with van der Waals surface area (Å²) in [6.45, 7) is 4.51. The molecule has 0 amide bonds. The number of carbonyl (C=O) groups is 2. The van der Waals surface area contributed by atoms with Crippen LogP contribution in [0.4, 0.5) is 0 Å². The Morgan fingerprint density at radius 3 is 2.22 bits per heavy atom. The second kappa shape index (κ2) is 8.57. The van der Waals surface area contributed by atoms with Crippen molar-refractivity contribution in [2.75, 3.05) is 20.6 Å². The molecule has 0 unspecified atom stereocenters. The summed E-state index contributed by atoms with van der Waals surface area (Å²) >= 11 is 0. The quantitative estimate of drug-likeness (QED) is 0.554.